The molecule has 0 radical (unpaired) electrons. The first-order valence-electron chi connectivity index (χ1n) is 7.38. The number of hydrogen-bond acceptors (Lipinski definition) is 7. The van der Waals surface area contributed by atoms with Gasteiger partial charge < -0.3 is 16.6 Å². The van der Waals surface area contributed by atoms with Gasteiger partial charge in [0.15, 0.2) is 5.78 Å². The molecule has 0 saturated carbocycles. The van der Waals surface area contributed by atoms with E-state index in [1.54, 1.807) is 0 Å². The summed E-state index contributed by atoms with van der Waals surface area (Å²) in [4.78, 5) is 50.3. The Labute approximate surface area is 140 Å². The highest BCUT2D eigenvalue weighted by Crippen LogP contribution is 2.32. The molecule has 3 atom stereocenters. The second kappa shape index (κ2) is 7.41. The largest absolute Gasteiger partial charge is 0.479 e. The molecule has 1 fully saturated rings. The fraction of sp³-hybridized carbons (Fsp3) is 0.714. The van der Waals surface area contributed by atoms with E-state index >= 15 is 0 Å². The number of carbonyl (C=O) groups excluding carboxylic acids is 3. The minimum absolute atomic E-state index is 0.0780. The van der Waals surface area contributed by atoms with Gasteiger partial charge in [0, 0.05) is 12.2 Å². The smallest absolute Gasteiger partial charge is 0.338 e. The SMILES string of the molecule is CC(C)[C@@]1(C(=O)O)C(=O)CCCC(N)C(=O)N1C(=O)[C@@H](N)CS. The van der Waals surface area contributed by atoms with E-state index in [1.165, 1.54) is 13.8 Å². The van der Waals surface area contributed by atoms with Gasteiger partial charge in [-0.25, -0.2) is 4.79 Å². The number of rotatable bonds is 4. The number of imide groups is 1. The van der Waals surface area contributed by atoms with E-state index in [1.807, 2.05) is 0 Å². The molecule has 1 rings (SSSR count). The maximum absolute atomic E-state index is 12.6. The summed E-state index contributed by atoms with van der Waals surface area (Å²) in [6.07, 6.45) is 0.401. The van der Waals surface area contributed by atoms with Crippen molar-refractivity contribution in [3.05, 3.63) is 0 Å². The quantitative estimate of drug-likeness (QED) is 0.384. The topological polar surface area (TPSA) is 144 Å². The van der Waals surface area contributed by atoms with Crippen molar-refractivity contribution >= 4 is 36.2 Å². The van der Waals surface area contributed by atoms with Crippen molar-refractivity contribution in [3.8, 4) is 0 Å². The van der Waals surface area contributed by atoms with Crippen LogP contribution in [-0.2, 0) is 19.2 Å². The Hall–Kier alpha value is -1.45. The minimum Gasteiger partial charge on any atom is -0.479 e. The maximum Gasteiger partial charge on any atom is 0.338 e. The molecule has 9 heteroatoms. The third-order valence-corrected chi connectivity index (χ3v) is 4.52. The first-order valence-corrected chi connectivity index (χ1v) is 8.02. The van der Waals surface area contributed by atoms with Gasteiger partial charge in [0.1, 0.15) is 0 Å². The molecule has 1 aliphatic rings. The summed E-state index contributed by atoms with van der Waals surface area (Å²) >= 11 is 3.91. The highest BCUT2D eigenvalue weighted by molar-refractivity contribution is 7.80. The van der Waals surface area contributed by atoms with Gasteiger partial charge in [0.25, 0.3) is 0 Å². The lowest BCUT2D eigenvalue weighted by atomic mass is 9.76. The van der Waals surface area contributed by atoms with Crippen LogP contribution >= 0.6 is 12.6 Å². The number of aliphatic carboxylic acids is 1. The molecule has 0 spiro atoms. The van der Waals surface area contributed by atoms with E-state index in [0.717, 1.165) is 0 Å². The van der Waals surface area contributed by atoms with Crippen molar-refractivity contribution in [1.82, 2.24) is 4.90 Å². The maximum atomic E-state index is 12.6. The van der Waals surface area contributed by atoms with Crippen molar-refractivity contribution in [2.24, 2.45) is 17.4 Å². The molecule has 130 valence electrons. The van der Waals surface area contributed by atoms with Crippen molar-refractivity contribution < 1.29 is 24.3 Å². The zero-order valence-corrected chi connectivity index (χ0v) is 14.1. The number of Topliss-reactive ketones (excluding diaryl/α,β-unsaturated/α-hetero) is 1. The van der Waals surface area contributed by atoms with Gasteiger partial charge in [-0.05, 0) is 18.8 Å². The number of likely N-dealkylation sites (tertiary alicyclic amines) is 1. The van der Waals surface area contributed by atoms with E-state index in [2.05, 4.69) is 12.6 Å². The van der Waals surface area contributed by atoms with Gasteiger partial charge in [0.05, 0.1) is 12.1 Å². The molecule has 8 nitrogen and oxygen atoms in total. The van der Waals surface area contributed by atoms with E-state index in [4.69, 9.17) is 11.5 Å². The highest BCUT2D eigenvalue weighted by atomic mass is 32.1. The third-order valence-electron chi connectivity index (χ3n) is 4.13. The predicted molar refractivity (Wildman–Crippen MR) is 85.7 cm³/mol. The molecule has 5 N–H and O–H groups in total. The number of ketones is 1. The van der Waals surface area contributed by atoms with Crippen LogP contribution in [0.4, 0.5) is 0 Å². The molecule has 0 aromatic heterocycles. The Bertz CT molecular complexity index is 517. The Balaban J connectivity index is 3.62. The molecule has 1 unspecified atom stereocenters. The van der Waals surface area contributed by atoms with E-state index in [9.17, 15) is 24.3 Å². The van der Waals surface area contributed by atoms with Crippen LogP contribution in [0.1, 0.15) is 33.1 Å². The van der Waals surface area contributed by atoms with Crippen molar-refractivity contribution in [2.45, 2.75) is 50.7 Å². The van der Waals surface area contributed by atoms with Crippen LogP contribution in [0.5, 0.6) is 0 Å². The van der Waals surface area contributed by atoms with E-state index in [-0.39, 0.29) is 25.0 Å². The van der Waals surface area contributed by atoms with Crippen LogP contribution < -0.4 is 11.5 Å². The molecule has 0 aliphatic carbocycles. The normalized spacial score (nSPS) is 27.6. The average molecular weight is 345 g/mol. The van der Waals surface area contributed by atoms with Crippen LogP contribution in [0.25, 0.3) is 0 Å². The fourth-order valence-electron chi connectivity index (χ4n) is 2.83. The number of thiol groups is 1. The Morgan fingerprint density at radius 3 is 2.43 bits per heavy atom. The highest BCUT2D eigenvalue weighted by Gasteiger charge is 2.59. The van der Waals surface area contributed by atoms with Crippen LogP contribution in [0.15, 0.2) is 0 Å². The van der Waals surface area contributed by atoms with E-state index < -0.39 is 47.1 Å². The number of nitrogens with two attached hydrogens (primary N) is 2. The second-order valence-corrected chi connectivity index (χ2v) is 6.31. The number of amides is 2. The molecular formula is C14H23N3O5S. The number of carboxylic acids is 1. The molecule has 0 bridgehead atoms. The second-order valence-electron chi connectivity index (χ2n) is 5.95. The summed E-state index contributed by atoms with van der Waals surface area (Å²) in [6.45, 7) is 2.94. The number of hydrogen-bond donors (Lipinski definition) is 4. The van der Waals surface area contributed by atoms with Gasteiger partial charge in [-0.3, -0.25) is 19.3 Å². The fourth-order valence-corrected chi connectivity index (χ4v) is 2.99. The standard InChI is InChI=1S/C14H23N3O5S/c1-7(2)14(13(21)22)10(18)5-3-4-8(15)11(19)17(14)12(20)9(16)6-23/h7-9,23H,3-6,15-16H2,1-2H3,(H,21,22)/t8?,9-,14-/m0/s1. The van der Waals surface area contributed by atoms with Crippen molar-refractivity contribution in [3.63, 3.8) is 0 Å². The predicted octanol–water partition coefficient (Wildman–Crippen LogP) is -0.842. The monoisotopic (exact) mass is 345 g/mol. The lowest BCUT2D eigenvalue weighted by Gasteiger charge is -2.43. The molecular weight excluding hydrogens is 322 g/mol. The lowest BCUT2D eigenvalue weighted by molar-refractivity contribution is -0.176. The molecule has 23 heavy (non-hydrogen) atoms. The van der Waals surface area contributed by atoms with Crippen LogP contribution in [0.2, 0.25) is 0 Å². The number of carbonyl (C=O) groups is 4. The summed E-state index contributed by atoms with van der Waals surface area (Å²) in [7, 11) is 0. The summed E-state index contributed by atoms with van der Waals surface area (Å²) in [5, 5.41) is 9.76. The Morgan fingerprint density at radius 2 is 2.00 bits per heavy atom. The zero-order chi connectivity index (χ0) is 17.9. The Morgan fingerprint density at radius 1 is 1.43 bits per heavy atom. The summed E-state index contributed by atoms with van der Waals surface area (Å²) in [6, 6.07) is -2.27. The molecule has 1 heterocycles. The summed E-state index contributed by atoms with van der Waals surface area (Å²) in [5.74, 6) is -5.03. The third kappa shape index (κ3) is 3.26. The van der Waals surface area contributed by atoms with Gasteiger partial charge in [0.2, 0.25) is 17.4 Å². The van der Waals surface area contributed by atoms with Crippen LogP contribution in [0, 0.1) is 5.92 Å². The van der Waals surface area contributed by atoms with Crippen LogP contribution in [0.3, 0.4) is 0 Å². The molecule has 2 amide bonds. The van der Waals surface area contributed by atoms with Gasteiger partial charge in [-0.2, -0.15) is 12.6 Å². The first kappa shape index (κ1) is 19.6. The van der Waals surface area contributed by atoms with E-state index in [0.29, 0.717) is 4.90 Å². The molecule has 0 aromatic rings. The van der Waals surface area contributed by atoms with Crippen LogP contribution in [-0.4, -0.2) is 56.9 Å². The average Bonchev–Trinajstić information content (AvgIpc) is 2.48. The van der Waals surface area contributed by atoms with Gasteiger partial charge in [-0.1, -0.05) is 13.8 Å². The first-order chi connectivity index (χ1) is 10.6. The zero-order valence-electron chi connectivity index (χ0n) is 13.2. The number of nitrogens with zero attached hydrogens (tertiary/aromatic N) is 1. The summed E-state index contributed by atoms with van der Waals surface area (Å²) in [5.41, 5.74) is 9.13. The molecule has 1 saturated heterocycles. The van der Waals surface area contributed by atoms with Crippen molar-refractivity contribution in [2.75, 3.05) is 5.75 Å². The van der Waals surface area contributed by atoms with Gasteiger partial charge >= 0.3 is 5.97 Å². The van der Waals surface area contributed by atoms with Crippen molar-refractivity contribution in [1.29, 1.82) is 0 Å². The van der Waals surface area contributed by atoms with Gasteiger partial charge in [-0.15, -0.1) is 0 Å². The molecule has 1 aliphatic heterocycles. The Kier molecular flexibility index (Phi) is 6.32. The summed E-state index contributed by atoms with van der Waals surface area (Å²) < 4.78 is 0. The minimum atomic E-state index is -2.30. The molecule has 0 aromatic carbocycles. The lowest BCUT2D eigenvalue weighted by Crippen LogP contribution is -2.71. The number of carboxylic acid groups (broad SMARTS) is 1.